The Bertz CT molecular complexity index is 292. The molecule has 0 spiro atoms. The highest BCUT2D eigenvalue weighted by Gasteiger charge is 2.00. The number of anilines is 1. The quantitative estimate of drug-likeness (QED) is 0.757. The van der Waals surface area contributed by atoms with E-state index in [1.54, 1.807) is 17.8 Å². The fraction of sp³-hybridized carbons (Fsp3) is 0.500. The molecule has 5 heteroatoms. The van der Waals surface area contributed by atoms with Crippen molar-refractivity contribution < 1.29 is 0 Å². The van der Waals surface area contributed by atoms with Gasteiger partial charge in [-0.05, 0) is 19.2 Å². The zero-order valence-corrected chi connectivity index (χ0v) is 8.52. The summed E-state index contributed by atoms with van der Waals surface area (Å²) in [7, 11) is 0. The maximum absolute atomic E-state index is 10.7. The minimum atomic E-state index is -0.178. The molecule has 0 radical (unpaired) electrons. The van der Waals surface area contributed by atoms with Gasteiger partial charge in [-0.25, -0.2) is 5.10 Å². The van der Waals surface area contributed by atoms with Crippen LogP contribution in [0.15, 0.2) is 16.9 Å². The van der Waals surface area contributed by atoms with E-state index >= 15 is 0 Å². The van der Waals surface area contributed by atoms with Gasteiger partial charge in [-0.1, -0.05) is 0 Å². The molecular formula is C8H13N3OS. The molecule has 0 aromatic carbocycles. The van der Waals surface area contributed by atoms with Crippen LogP contribution in [0.25, 0.3) is 0 Å². The summed E-state index contributed by atoms with van der Waals surface area (Å²) in [6, 6.07) is 3.49. The molecule has 1 aromatic rings. The third-order valence-corrected chi connectivity index (χ3v) is 2.32. The van der Waals surface area contributed by atoms with Crippen molar-refractivity contribution in [3.8, 4) is 0 Å². The lowest BCUT2D eigenvalue weighted by Gasteiger charge is -2.11. The van der Waals surface area contributed by atoms with Crippen LogP contribution >= 0.6 is 11.8 Å². The summed E-state index contributed by atoms with van der Waals surface area (Å²) in [5, 5.41) is 9.38. The lowest BCUT2D eigenvalue weighted by atomic mass is 10.4. The monoisotopic (exact) mass is 199 g/mol. The smallest absolute Gasteiger partial charge is 0.264 e. The van der Waals surface area contributed by atoms with E-state index in [0.717, 1.165) is 5.75 Å². The van der Waals surface area contributed by atoms with Gasteiger partial charge in [0.1, 0.15) is 5.82 Å². The van der Waals surface area contributed by atoms with Crippen LogP contribution in [0.4, 0.5) is 5.82 Å². The van der Waals surface area contributed by atoms with Gasteiger partial charge in [0, 0.05) is 17.9 Å². The fourth-order valence-electron chi connectivity index (χ4n) is 0.969. The largest absolute Gasteiger partial charge is 0.365 e. The number of hydrogen-bond donors (Lipinski definition) is 2. The lowest BCUT2D eigenvalue weighted by molar-refractivity contribution is 0.879. The molecule has 1 unspecified atom stereocenters. The summed E-state index contributed by atoms with van der Waals surface area (Å²) in [4.78, 5) is 10.7. The molecule has 4 nitrogen and oxygen atoms in total. The average molecular weight is 199 g/mol. The molecule has 0 bridgehead atoms. The molecule has 0 aliphatic rings. The van der Waals surface area contributed by atoms with Gasteiger partial charge in [-0.15, -0.1) is 0 Å². The van der Waals surface area contributed by atoms with Crippen molar-refractivity contribution in [2.45, 2.75) is 13.0 Å². The van der Waals surface area contributed by atoms with E-state index in [2.05, 4.69) is 28.7 Å². The molecule has 0 aliphatic heterocycles. The van der Waals surface area contributed by atoms with E-state index in [-0.39, 0.29) is 5.56 Å². The van der Waals surface area contributed by atoms with E-state index in [1.165, 1.54) is 6.07 Å². The minimum absolute atomic E-state index is 0.178. The molecule has 0 aliphatic carbocycles. The van der Waals surface area contributed by atoms with Crippen LogP contribution in [0.3, 0.4) is 0 Å². The zero-order valence-electron chi connectivity index (χ0n) is 7.70. The first-order valence-electron chi connectivity index (χ1n) is 4.03. The number of aromatic amines is 1. The van der Waals surface area contributed by atoms with Crippen LogP contribution in [0.5, 0.6) is 0 Å². The van der Waals surface area contributed by atoms with Crippen LogP contribution in [0, 0.1) is 0 Å². The molecule has 0 saturated heterocycles. The normalized spacial score (nSPS) is 12.5. The van der Waals surface area contributed by atoms with E-state index in [1.807, 2.05) is 0 Å². The first-order valence-corrected chi connectivity index (χ1v) is 5.43. The summed E-state index contributed by atoms with van der Waals surface area (Å²) < 4.78 is 0. The van der Waals surface area contributed by atoms with E-state index in [9.17, 15) is 4.79 Å². The first kappa shape index (κ1) is 10.1. The molecule has 0 amide bonds. The number of aromatic nitrogens is 2. The van der Waals surface area contributed by atoms with Gasteiger partial charge in [0.25, 0.3) is 5.56 Å². The second-order valence-electron chi connectivity index (χ2n) is 2.81. The summed E-state index contributed by atoms with van der Waals surface area (Å²) in [5.41, 5.74) is -0.178. The number of rotatable bonds is 4. The van der Waals surface area contributed by atoms with E-state index in [4.69, 9.17) is 0 Å². The molecule has 1 heterocycles. The maximum atomic E-state index is 10.7. The van der Waals surface area contributed by atoms with Crippen molar-refractivity contribution in [3.63, 3.8) is 0 Å². The highest BCUT2D eigenvalue weighted by atomic mass is 32.2. The van der Waals surface area contributed by atoms with Crippen molar-refractivity contribution in [2.75, 3.05) is 17.3 Å². The van der Waals surface area contributed by atoms with Crippen LogP contribution in [-0.2, 0) is 0 Å². The Kier molecular flexibility index (Phi) is 3.82. The van der Waals surface area contributed by atoms with Crippen LogP contribution in [0.1, 0.15) is 6.92 Å². The molecule has 0 saturated carbocycles. The van der Waals surface area contributed by atoms with Gasteiger partial charge in [-0.2, -0.15) is 16.9 Å². The van der Waals surface area contributed by atoms with Crippen molar-refractivity contribution in [1.29, 1.82) is 0 Å². The summed E-state index contributed by atoms with van der Waals surface area (Å²) in [6.45, 7) is 2.07. The predicted molar refractivity (Wildman–Crippen MR) is 56.3 cm³/mol. The lowest BCUT2D eigenvalue weighted by Crippen LogP contribution is -2.20. The molecular weight excluding hydrogens is 186 g/mol. The van der Waals surface area contributed by atoms with Crippen molar-refractivity contribution in [3.05, 3.63) is 22.5 Å². The Labute approximate surface area is 81.1 Å². The standard InChI is InChI=1S/C8H13N3OS/c1-6(5-13-2)9-7-3-4-8(12)11-10-7/h3-4,6H,5H2,1-2H3,(H,9,10)(H,11,12). The Morgan fingerprint density at radius 2 is 2.46 bits per heavy atom. The number of thioether (sulfide) groups is 1. The van der Waals surface area contributed by atoms with Gasteiger partial charge in [0.2, 0.25) is 0 Å². The second kappa shape index (κ2) is 4.91. The molecule has 2 N–H and O–H groups in total. The highest BCUT2D eigenvalue weighted by Crippen LogP contribution is 2.03. The zero-order chi connectivity index (χ0) is 9.68. The van der Waals surface area contributed by atoms with E-state index < -0.39 is 0 Å². The predicted octanol–water partition coefficient (Wildman–Crippen LogP) is 0.933. The maximum Gasteiger partial charge on any atom is 0.264 e. The van der Waals surface area contributed by atoms with Crippen molar-refractivity contribution >= 4 is 17.6 Å². The number of hydrogen-bond acceptors (Lipinski definition) is 4. The Morgan fingerprint density at radius 1 is 1.69 bits per heavy atom. The summed E-state index contributed by atoms with van der Waals surface area (Å²) in [6.07, 6.45) is 2.05. The van der Waals surface area contributed by atoms with Crippen molar-refractivity contribution in [1.82, 2.24) is 10.2 Å². The molecule has 0 fully saturated rings. The van der Waals surface area contributed by atoms with Gasteiger partial charge in [0.05, 0.1) is 0 Å². The highest BCUT2D eigenvalue weighted by molar-refractivity contribution is 7.98. The molecule has 1 aromatic heterocycles. The average Bonchev–Trinajstić information content (AvgIpc) is 2.09. The Hall–Kier alpha value is -0.970. The SMILES string of the molecule is CSCC(C)Nc1ccc(=O)[nH]n1. The van der Waals surface area contributed by atoms with Crippen LogP contribution in [-0.4, -0.2) is 28.2 Å². The van der Waals surface area contributed by atoms with Crippen molar-refractivity contribution in [2.24, 2.45) is 0 Å². The topological polar surface area (TPSA) is 57.8 Å². The van der Waals surface area contributed by atoms with Crippen LogP contribution in [0.2, 0.25) is 0 Å². The molecule has 13 heavy (non-hydrogen) atoms. The fourth-order valence-corrected chi connectivity index (χ4v) is 1.55. The van der Waals surface area contributed by atoms with Gasteiger partial charge < -0.3 is 5.32 Å². The van der Waals surface area contributed by atoms with Gasteiger partial charge >= 0.3 is 0 Å². The van der Waals surface area contributed by atoms with Gasteiger partial charge in [0.15, 0.2) is 0 Å². The second-order valence-corrected chi connectivity index (χ2v) is 3.72. The van der Waals surface area contributed by atoms with Crippen LogP contribution < -0.4 is 10.9 Å². The van der Waals surface area contributed by atoms with Gasteiger partial charge in [-0.3, -0.25) is 4.79 Å². The molecule has 72 valence electrons. The minimum Gasteiger partial charge on any atom is -0.365 e. The number of nitrogens with zero attached hydrogens (tertiary/aromatic N) is 1. The third kappa shape index (κ3) is 3.50. The molecule has 1 rings (SSSR count). The first-order chi connectivity index (χ1) is 6.22. The van der Waals surface area contributed by atoms with E-state index in [0.29, 0.717) is 11.9 Å². The number of nitrogens with one attached hydrogen (secondary N) is 2. The Balaban J connectivity index is 2.54. The number of H-pyrrole nitrogens is 1. The molecule has 1 atom stereocenters. The summed E-state index contributed by atoms with van der Waals surface area (Å²) >= 11 is 1.77. The summed E-state index contributed by atoms with van der Waals surface area (Å²) in [5.74, 6) is 1.72. The third-order valence-electron chi connectivity index (χ3n) is 1.49. The Morgan fingerprint density at radius 3 is 3.00 bits per heavy atom.